The fraction of sp³-hybridized carbons (Fsp3) is 0.625. The summed E-state index contributed by atoms with van der Waals surface area (Å²) in [6.45, 7) is 0.0827. The summed E-state index contributed by atoms with van der Waals surface area (Å²) in [6, 6.07) is 0.0274. The van der Waals surface area contributed by atoms with E-state index in [0.717, 1.165) is 18.4 Å². The van der Waals surface area contributed by atoms with Gasteiger partial charge in [-0.25, -0.2) is 4.79 Å². The van der Waals surface area contributed by atoms with E-state index in [1.54, 1.807) is 0 Å². The average molecular weight is 171 g/mol. The molecular weight excluding hydrogens is 158 g/mol. The van der Waals surface area contributed by atoms with E-state index in [2.05, 4.69) is 10.1 Å². The highest BCUT2D eigenvalue weighted by molar-refractivity contribution is 5.67. The van der Waals surface area contributed by atoms with E-state index in [1.807, 2.05) is 6.08 Å². The molecule has 68 valence electrons. The van der Waals surface area contributed by atoms with Gasteiger partial charge in [-0.3, -0.25) is 0 Å². The van der Waals surface area contributed by atoms with E-state index in [4.69, 9.17) is 5.11 Å². The number of carbonyl (C=O) groups is 1. The summed E-state index contributed by atoms with van der Waals surface area (Å²) in [5.74, 6) is 0. The summed E-state index contributed by atoms with van der Waals surface area (Å²) >= 11 is 0. The molecule has 0 aromatic rings. The van der Waals surface area contributed by atoms with E-state index < -0.39 is 6.09 Å². The van der Waals surface area contributed by atoms with Gasteiger partial charge in [-0.15, -0.1) is 0 Å². The zero-order valence-corrected chi connectivity index (χ0v) is 7.04. The Labute approximate surface area is 71.2 Å². The Kier molecular flexibility index (Phi) is 3.10. The van der Waals surface area contributed by atoms with Crippen molar-refractivity contribution >= 4 is 6.09 Å². The first-order valence-electron chi connectivity index (χ1n) is 3.91. The Balaban J connectivity index is 2.36. The fourth-order valence-corrected chi connectivity index (χ4v) is 1.25. The van der Waals surface area contributed by atoms with Crippen molar-refractivity contribution in [3.05, 3.63) is 11.6 Å². The minimum atomic E-state index is -0.421. The second-order valence-electron chi connectivity index (χ2n) is 2.76. The first-order valence-corrected chi connectivity index (χ1v) is 3.91. The molecule has 0 aromatic carbocycles. The summed E-state index contributed by atoms with van der Waals surface area (Å²) in [5, 5.41) is 11.4. The Bertz CT molecular complexity index is 200. The van der Waals surface area contributed by atoms with Crippen LogP contribution in [0, 0.1) is 0 Å². The van der Waals surface area contributed by atoms with Gasteiger partial charge in [0.2, 0.25) is 0 Å². The fourth-order valence-electron chi connectivity index (χ4n) is 1.25. The first kappa shape index (κ1) is 9.06. The lowest BCUT2D eigenvalue weighted by Gasteiger charge is -2.07. The molecular formula is C8H13NO3. The Morgan fingerprint density at radius 2 is 2.67 bits per heavy atom. The standard InChI is InChI=1S/C8H13NO3/c1-12-8(11)9-7-3-2-6(4-7)5-10/h4,7,10H,2-3,5H2,1H3,(H,9,11). The number of aliphatic hydroxyl groups excluding tert-OH is 1. The molecule has 1 amide bonds. The second kappa shape index (κ2) is 4.11. The average Bonchev–Trinajstić information content (AvgIpc) is 2.52. The zero-order valence-electron chi connectivity index (χ0n) is 7.04. The predicted molar refractivity (Wildman–Crippen MR) is 43.7 cm³/mol. The van der Waals surface area contributed by atoms with Crippen LogP contribution < -0.4 is 5.32 Å². The Hall–Kier alpha value is -1.03. The predicted octanol–water partition coefficient (Wildman–Crippen LogP) is 0.423. The van der Waals surface area contributed by atoms with Crippen molar-refractivity contribution in [3.8, 4) is 0 Å². The summed E-state index contributed by atoms with van der Waals surface area (Å²) < 4.78 is 4.44. The van der Waals surface area contributed by atoms with Gasteiger partial charge < -0.3 is 15.2 Å². The monoisotopic (exact) mass is 171 g/mol. The maximum absolute atomic E-state index is 10.7. The zero-order chi connectivity index (χ0) is 8.97. The number of hydrogen-bond donors (Lipinski definition) is 2. The van der Waals surface area contributed by atoms with E-state index in [-0.39, 0.29) is 12.6 Å². The molecule has 4 nitrogen and oxygen atoms in total. The molecule has 2 N–H and O–H groups in total. The van der Waals surface area contributed by atoms with Crippen molar-refractivity contribution in [1.82, 2.24) is 5.32 Å². The van der Waals surface area contributed by atoms with Crippen molar-refractivity contribution in [3.63, 3.8) is 0 Å². The molecule has 12 heavy (non-hydrogen) atoms. The molecule has 0 aromatic heterocycles. The van der Waals surface area contributed by atoms with Gasteiger partial charge in [0.1, 0.15) is 0 Å². The number of carbonyl (C=O) groups excluding carboxylic acids is 1. The molecule has 0 heterocycles. The van der Waals surface area contributed by atoms with Crippen LogP contribution in [-0.2, 0) is 4.74 Å². The Morgan fingerprint density at radius 3 is 3.17 bits per heavy atom. The van der Waals surface area contributed by atoms with Crippen LogP contribution in [0.25, 0.3) is 0 Å². The van der Waals surface area contributed by atoms with Gasteiger partial charge in [-0.1, -0.05) is 6.08 Å². The van der Waals surface area contributed by atoms with Gasteiger partial charge in [0.05, 0.1) is 19.8 Å². The number of methoxy groups -OCH3 is 1. The van der Waals surface area contributed by atoms with Crippen LogP contribution in [0.15, 0.2) is 11.6 Å². The number of nitrogens with one attached hydrogen (secondary N) is 1. The van der Waals surface area contributed by atoms with Gasteiger partial charge in [-0.2, -0.15) is 0 Å². The smallest absolute Gasteiger partial charge is 0.407 e. The SMILES string of the molecule is COC(=O)NC1C=C(CO)CC1. The van der Waals surface area contributed by atoms with Gasteiger partial charge >= 0.3 is 6.09 Å². The molecule has 0 fully saturated rings. The molecule has 1 aliphatic rings. The van der Waals surface area contributed by atoms with Crippen molar-refractivity contribution < 1.29 is 14.6 Å². The number of ether oxygens (including phenoxy) is 1. The maximum atomic E-state index is 10.7. The number of rotatable bonds is 2. The van der Waals surface area contributed by atoms with Crippen molar-refractivity contribution in [2.24, 2.45) is 0 Å². The van der Waals surface area contributed by atoms with Gasteiger partial charge in [0.25, 0.3) is 0 Å². The third kappa shape index (κ3) is 2.23. The molecule has 1 unspecified atom stereocenters. The van der Waals surface area contributed by atoms with Gasteiger partial charge in [-0.05, 0) is 18.4 Å². The molecule has 0 saturated carbocycles. The quantitative estimate of drug-likeness (QED) is 0.592. The highest BCUT2D eigenvalue weighted by Gasteiger charge is 2.16. The molecule has 0 spiro atoms. The molecule has 0 aliphatic heterocycles. The largest absolute Gasteiger partial charge is 0.453 e. The van der Waals surface area contributed by atoms with Crippen molar-refractivity contribution in [1.29, 1.82) is 0 Å². The highest BCUT2D eigenvalue weighted by atomic mass is 16.5. The third-order valence-corrected chi connectivity index (χ3v) is 1.91. The lowest BCUT2D eigenvalue weighted by atomic mass is 10.2. The highest BCUT2D eigenvalue weighted by Crippen LogP contribution is 2.17. The van der Waals surface area contributed by atoms with Gasteiger partial charge in [0.15, 0.2) is 0 Å². The van der Waals surface area contributed by atoms with E-state index in [1.165, 1.54) is 7.11 Å². The topological polar surface area (TPSA) is 58.6 Å². The van der Waals surface area contributed by atoms with Crippen LogP contribution in [0.3, 0.4) is 0 Å². The number of alkyl carbamates (subject to hydrolysis) is 1. The van der Waals surface area contributed by atoms with Crippen LogP contribution in [0.5, 0.6) is 0 Å². The number of amides is 1. The molecule has 0 bridgehead atoms. The summed E-state index contributed by atoms with van der Waals surface area (Å²) in [5.41, 5.74) is 0.983. The van der Waals surface area contributed by atoms with Crippen LogP contribution in [-0.4, -0.2) is 31.0 Å². The second-order valence-corrected chi connectivity index (χ2v) is 2.76. The van der Waals surface area contributed by atoms with Crippen LogP contribution in [0.4, 0.5) is 4.79 Å². The summed E-state index contributed by atoms with van der Waals surface area (Å²) in [7, 11) is 1.33. The molecule has 1 atom stereocenters. The summed E-state index contributed by atoms with van der Waals surface area (Å²) in [6.07, 6.45) is 3.16. The number of aliphatic hydroxyl groups is 1. The minimum absolute atomic E-state index is 0.0274. The van der Waals surface area contributed by atoms with Crippen molar-refractivity contribution in [2.45, 2.75) is 18.9 Å². The first-order chi connectivity index (χ1) is 5.76. The van der Waals surface area contributed by atoms with E-state index in [9.17, 15) is 4.79 Å². The Morgan fingerprint density at radius 1 is 1.92 bits per heavy atom. The van der Waals surface area contributed by atoms with Crippen molar-refractivity contribution in [2.75, 3.05) is 13.7 Å². The van der Waals surface area contributed by atoms with Crippen LogP contribution in [0.2, 0.25) is 0 Å². The van der Waals surface area contributed by atoms with Gasteiger partial charge in [0, 0.05) is 0 Å². The molecule has 1 rings (SSSR count). The molecule has 0 saturated heterocycles. The van der Waals surface area contributed by atoms with E-state index >= 15 is 0 Å². The lowest BCUT2D eigenvalue weighted by Crippen LogP contribution is -2.31. The molecule has 4 heteroatoms. The molecule has 1 aliphatic carbocycles. The number of hydrogen-bond acceptors (Lipinski definition) is 3. The van der Waals surface area contributed by atoms with Crippen LogP contribution in [0.1, 0.15) is 12.8 Å². The van der Waals surface area contributed by atoms with E-state index in [0.29, 0.717) is 0 Å². The third-order valence-electron chi connectivity index (χ3n) is 1.91. The minimum Gasteiger partial charge on any atom is -0.453 e. The normalized spacial score (nSPS) is 21.8. The maximum Gasteiger partial charge on any atom is 0.407 e. The molecule has 0 radical (unpaired) electrons. The van der Waals surface area contributed by atoms with Crippen LogP contribution >= 0.6 is 0 Å². The lowest BCUT2D eigenvalue weighted by molar-refractivity contribution is 0.168. The summed E-state index contributed by atoms with van der Waals surface area (Å²) in [4.78, 5) is 10.7.